The number of rotatable bonds is 4. The maximum Gasteiger partial charge on any atom is 0.167 e. The molecule has 0 saturated carbocycles. The van der Waals surface area contributed by atoms with Crippen LogP contribution in [0.25, 0.3) is 11.6 Å². The second-order valence-corrected chi connectivity index (χ2v) is 5.50. The molecule has 3 rings (SSSR count). The Morgan fingerprint density at radius 1 is 1.17 bits per heavy atom. The summed E-state index contributed by atoms with van der Waals surface area (Å²) in [7, 11) is 1.53. The van der Waals surface area contributed by atoms with Gasteiger partial charge in [0.1, 0.15) is 5.75 Å². The first-order valence-corrected chi connectivity index (χ1v) is 7.42. The molecule has 0 aliphatic heterocycles. The van der Waals surface area contributed by atoms with Crippen LogP contribution in [0, 0.1) is 0 Å². The number of methoxy groups -OCH3 is 1. The van der Waals surface area contributed by atoms with E-state index in [2.05, 4.69) is 0 Å². The zero-order valence-electron chi connectivity index (χ0n) is 12.9. The van der Waals surface area contributed by atoms with Gasteiger partial charge < -0.3 is 14.9 Å². The zero-order chi connectivity index (χ0) is 16.4. The Morgan fingerprint density at radius 2 is 1.96 bits per heavy atom. The van der Waals surface area contributed by atoms with Crippen molar-refractivity contribution in [1.82, 2.24) is 0 Å². The Kier molecular flexibility index (Phi) is 4.28. The van der Waals surface area contributed by atoms with E-state index < -0.39 is 0 Å². The molecule has 2 aromatic carbocycles. The quantitative estimate of drug-likeness (QED) is 0.851. The predicted octanol–water partition coefficient (Wildman–Crippen LogP) is 2.35. The molecular weight excluding hydrogens is 292 g/mol. The number of aliphatic hydroxyl groups is 2. The average Bonchev–Trinajstić information content (AvgIpc) is 2.90. The van der Waals surface area contributed by atoms with E-state index in [-0.39, 0.29) is 19.0 Å². The number of carbonyl (C=O) groups is 1. The lowest BCUT2D eigenvalue weighted by atomic mass is 9.98. The fourth-order valence-electron chi connectivity index (χ4n) is 2.96. The molecule has 118 valence electrons. The van der Waals surface area contributed by atoms with Gasteiger partial charge in [-0.25, -0.2) is 0 Å². The van der Waals surface area contributed by atoms with E-state index in [1.165, 1.54) is 7.11 Å². The van der Waals surface area contributed by atoms with Gasteiger partial charge in [-0.3, -0.25) is 4.79 Å². The maximum absolute atomic E-state index is 12.3. The number of hydrogen-bond acceptors (Lipinski definition) is 4. The SMILES string of the molecule is COc1cc(CO)cc(CO)c1/C=C1/C(=O)Cc2ccccc21. The summed E-state index contributed by atoms with van der Waals surface area (Å²) in [4.78, 5) is 12.3. The highest BCUT2D eigenvalue weighted by molar-refractivity contribution is 6.29. The summed E-state index contributed by atoms with van der Waals surface area (Å²) < 4.78 is 5.39. The highest BCUT2D eigenvalue weighted by atomic mass is 16.5. The number of benzene rings is 2. The molecule has 0 spiro atoms. The van der Waals surface area contributed by atoms with Crippen molar-refractivity contribution in [2.75, 3.05) is 7.11 Å². The molecule has 0 bridgehead atoms. The van der Waals surface area contributed by atoms with Crippen LogP contribution in [0.4, 0.5) is 0 Å². The summed E-state index contributed by atoms with van der Waals surface area (Å²) in [6, 6.07) is 11.2. The minimum atomic E-state index is -0.195. The number of allylic oxidation sites excluding steroid dienone is 1. The van der Waals surface area contributed by atoms with Gasteiger partial charge in [0.2, 0.25) is 0 Å². The number of hydrogen-bond donors (Lipinski definition) is 2. The smallest absolute Gasteiger partial charge is 0.167 e. The lowest BCUT2D eigenvalue weighted by Gasteiger charge is -2.13. The fraction of sp³-hybridized carbons (Fsp3) is 0.211. The Balaban J connectivity index is 2.18. The zero-order valence-corrected chi connectivity index (χ0v) is 12.9. The fourth-order valence-corrected chi connectivity index (χ4v) is 2.96. The molecule has 0 fully saturated rings. The lowest BCUT2D eigenvalue weighted by molar-refractivity contribution is -0.112. The highest BCUT2D eigenvalue weighted by Crippen LogP contribution is 2.34. The molecule has 0 saturated heterocycles. The van der Waals surface area contributed by atoms with Crippen LogP contribution < -0.4 is 4.74 Å². The van der Waals surface area contributed by atoms with Crippen LogP contribution in [0.1, 0.15) is 27.8 Å². The topological polar surface area (TPSA) is 66.8 Å². The van der Waals surface area contributed by atoms with Gasteiger partial charge in [-0.1, -0.05) is 30.3 Å². The largest absolute Gasteiger partial charge is 0.496 e. The predicted molar refractivity (Wildman–Crippen MR) is 87.9 cm³/mol. The first kappa shape index (κ1) is 15.5. The Labute approximate surface area is 134 Å². The van der Waals surface area contributed by atoms with E-state index in [0.29, 0.717) is 34.4 Å². The maximum atomic E-state index is 12.3. The monoisotopic (exact) mass is 310 g/mol. The molecule has 2 N–H and O–H groups in total. The molecule has 23 heavy (non-hydrogen) atoms. The number of ketones is 1. The van der Waals surface area contributed by atoms with Crippen LogP contribution in [0.5, 0.6) is 5.75 Å². The molecule has 0 aromatic heterocycles. The third-order valence-corrected chi connectivity index (χ3v) is 4.11. The van der Waals surface area contributed by atoms with Crippen molar-refractivity contribution >= 4 is 17.4 Å². The minimum Gasteiger partial charge on any atom is -0.496 e. The van der Waals surface area contributed by atoms with Gasteiger partial charge in [0.05, 0.1) is 20.3 Å². The number of ether oxygens (including phenoxy) is 1. The van der Waals surface area contributed by atoms with Gasteiger partial charge in [-0.2, -0.15) is 0 Å². The van der Waals surface area contributed by atoms with Crippen molar-refractivity contribution in [3.63, 3.8) is 0 Å². The van der Waals surface area contributed by atoms with E-state index in [1.807, 2.05) is 24.3 Å². The van der Waals surface area contributed by atoms with Gasteiger partial charge in [0.25, 0.3) is 0 Å². The first-order valence-electron chi connectivity index (χ1n) is 7.42. The van der Waals surface area contributed by atoms with E-state index in [4.69, 9.17) is 4.74 Å². The molecule has 2 aromatic rings. The second-order valence-electron chi connectivity index (χ2n) is 5.50. The number of aliphatic hydroxyl groups excluding tert-OH is 2. The molecule has 0 atom stereocenters. The van der Waals surface area contributed by atoms with Crippen LogP contribution in [-0.4, -0.2) is 23.1 Å². The second kappa shape index (κ2) is 6.36. The van der Waals surface area contributed by atoms with Gasteiger partial charge >= 0.3 is 0 Å². The van der Waals surface area contributed by atoms with Gasteiger partial charge in [-0.05, 0) is 34.4 Å². The number of fused-ring (bicyclic) bond motifs is 1. The van der Waals surface area contributed by atoms with E-state index in [0.717, 1.165) is 11.1 Å². The van der Waals surface area contributed by atoms with Crippen molar-refractivity contribution in [3.05, 3.63) is 64.2 Å². The molecule has 0 unspecified atom stereocenters. The van der Waals surface area contributed by atoms with E-state index in [9.17, 15) is 15.0 Å². The molecule has 4 nitrogen and oxygen atoms in total. The van der Waals surface area contributed by atoms with Crippen molar-refractivity contribution in [2.24, 2.45) is 0 Å². The first-order chi connectivity index (χ1) is 11.2. The molecule has 0 radical (unpaired) electrons. The molecule has 4 heteroatoms. The third kappa shape index (κ3) is 2.79. The van der Waals surface area contributed by atoms with Crippen molar-refractivity contribution in [3.8, 4) is 5.75 Å². The van der Waals surface area contributed by atoms with Gasteiger partial charge in [-0.15, -0.1) is 0 Å². The van der Waals surface area contributed by atoms with E-state index >= 15 is 0 Å². The summed E-state index contributed by atoms with van der Waals surface area (Å²) in [6.07, 6.45) is 2.17. The lowest BCUT2D eigenvalue weighted by Crippen LogP contribution is -2.00. The van der Waals surface area contributed by atoms with Crippen LogP contribution in [0.3, 0.4) is 0 Å². The number of Topliss-reactive ketones (excluding diaryl/α,β-unsaturated/α-hetero) is 1. The Bertz CT molecular complexity index is 765. The van der Waals surface area contributed by atoms with Crippen molar-refractivity contribution in [2.45, 2.75) is 19.6 Å². The summed E-state index contributed by atoms with van der Waals surface area (Å²) in [5, 5.41) is 19.0. The van der Waals surface area contributed by atoms with Crippen LogP contribution in [0.2, 0.25) is 0 Å². The summed E-state index contributed by atoms with van der Waals surface area (Å²) in [6.45, 7) is -0.332. The Hall–Kier alpha value is -2.43. The summed E-state index contributed by atoms with van der Waals surface area (Å²) in [5.74, 6) is 0.591. The summed E-state index contributed by atoms with van der Waals surface area (Å²) >= 11 is 0. The molecule has 1 aliphatic rings. The van der Waals surface area contributed by atoms with Crippen LogP contribution in [0.15, 0.2) is 36.4 Å². The molecule has 0 heterocycles. The Morgan fingerprint density at radius 3 is 2.65 bits per heavy atom. The highest BCUT2D eigenvalue weighted by Gasteiger charge is 2.24. The van der Waals surface area contributed by atoms with Crippen molar-refractivity contribution in [1.29, 1.82) is 0 Å². The normalized spacial score (nSPS) is 15.1. The third-order valence-electron chi connectivity index (χ3n) is 4.11. The average molecular weight is 310 g/mol. The van der Waals surface area contributed by atoms with Crippen molar-refractivity contribution < 1.29 is 19.7 Å². The molecule has 0 amide bonds. The van der Waals surface area contributed by atoms with Gasteiger partial charge in [0, 0.05) is 17.6 Å². The number of carbonyl (C=O) groups excluding carboxylic acids is 1. The molecule has 1 aliphatic carbocycles. The minimum absolute atomic E-state index is 0.0587. The van der Waals surface area contributed by atoms with Gasteiger partial charge in [0.15, 0.2) is 5.78 Å². The van der Waals surface area contributed by atoms with Crippen LogP contribution in [-0.2, 0) is 24.4 Å². The van der Waals surface area contributed by atoms with E-state index in [1.54, 1.807) is 18.2 Å². The molecular formula is C19H18O4. The standard InChI is InChI=1S/C19H18O4/c1-23-19-7-12(10-20)6-14(11-21)16(19)9-17-15-5-3-2-4-13(15)8-18(17)22/h2-7,9,20-21H,8,10-11H2,1H3/b17-9+. The summed E-state index contributed by atoms with van der Waals surface area (Å²) in [5.41, 5.74) is 4.52. The van der Waals surface area contributed by atoms with Crippen LogP contribution >= 0.6 is 0 Å².